The first-order valence-corrected chi connectivity index (χ1v) is 8.32. The number of anilines is 1. The maximum absolute atomic E-state index is 12.9. The topological polar surface area (TPSA) is 67.5 Å². The predicted octanol–water partition coefficient (Wildman–Crippen LogP) is 3.76. The smallest absolute Gasteiger partial charge is 0.276 e. The molecule has 0 atom stereocenters. The molecule has 1 aromatic heterocycles. The molecular formula is C20H21N3O3. The van der Waals surface area contributed by atoms with E-state index >= 15 is 0 Å². The SMILES string of the molecule is CCN(C(=O)c1cc(-c2ccc(OC)cc2OC)n[nH]1)c1ccccc1. The van der Waals surface area contributed by atoms with Crippen LogP contribution in [0.3, 0.4) is 0 Å². The number of ether oxygens (including phenoxy) is 2. The number of carbonyl (C=O) groups excluding carboxylic acids is 1. The van der Waals surface area contributed by atoms with Gasteiger partial charge in [-0.25, -0.2) is 0 Å². The van der Waals surface area contributed by atoms with Crippen molar-refractivity contribution in [2.45, 2.75) is 6.92 Å². The average molecular weight is 351 g/mol. The standard InChI is InChI=1S/C20H21N3O3/c1-4-23(14-8-6-5-7-9-14)20(24)18-13-17(21-22-18)16-11-10-15(25-2)12-19(16)26-3/h5-13H,4H2,1-3H3,(H,21,22). The minimum Gasteiger partial charge on any atom is -0.497 e. The third-order valence-electron chi connectivity index (χ3n) is 4.12. The number of H-pyrrole nitrogens is 1. The van der Waals surface area contributed by atoms with E-state index in [4.69, 9.17) is 9.47 Å². The summed E-state index contributed by atoms with van der Waals surface area (Å²) in [7, 11) is 3.19. The Bertz CT molecular complexity index is 890. The molecule has 6 heteroatoms. The van der Waals surface area contributed by atoms with Gasteiger partial charge in [0.25, 0.3) is 5.91 Å². The fourth-order valence-electron chi connectivity index (χ4n) is 2.78. The molecule has 0 saturated carbocycles. The molecule has 134 valence electrons. The van der Waals surface area contributed by atoms with Crippen LogP contribution in [0.1, 0.15) is 17.4 Å². The lowest BCUT2D eigenvalue weighted by Crippen LogP contribution is -2.30. The van der Waals surface area contributed by atoms with Crippen LogP contribution in [-0.2, 0) is 0 Å². The molecule has 0 spiro atoms. The highest BCUT2D eigenvalue weighted by Gasteiger charge is 2.20. The third kappa shape index (κ3) is 3.39. The van der Waals surface area contributed by atoms with Crippen LogP contribution < -0.4 is 14.4 Å². The van der Waals surface area contributed by atoms with E-state index in [1.54, 1.807) is 31.3 Å². The second-order valence-electron chi connectivity index (χ2n) is 5.62. The Kier molecular flexibility index (Phi) is 5.22. The number of methoxy groups -OCH3 is 2. The zero-order valence-corrected chi connectivity index (χ0v) is 15.0. The van der Waals surface area contributed by atoms with Gasteiger partial charge in [-0.3, -0.25) is 9.89 Å². The summed E-state index contributed by atoms with van der Waals surface area (Å²) in [5, 5.41) is 7.13. The Hall–Kier alpha value is -3.28. The minimum absolute atomic E-state index is 0.134. The Balaban J connectivity index is 1.91. The zero-order valence-electron chi connectivity index (χ0n) is 15.0. The van der Waals surface area contributed by atoms with Crippen molar-refractivity contribution < 1.29 is 14.3 Å². The summed E-state index contributed by atoms with van der Waals surface area (Å²) in [4.78, 5) is 14.6. The van der Waals surface area contributed by atoms with Crippen molar-refractivity contribution in [2.75, 3.05) is 25.7 Å². The number of carbonyl (C=O) groups is 1. The van der Waals surface area contributed by atoms with Crippen LogP contribution >= 0.6 is 0 Å². The summed E-state index contributed by atoms with van der Waals surface area (Å²) >= 11 is 0. The van der Waals surface area contributed by atoms with Gasteiger partial charge in [0, 0.05) is 23.9 Å². The molecule has 1 amide bonds. The van der Waals surface area contributed by atoms with Gasteiger partial charge < -0.3 is 14.4 Å². The molecule has 0 fully saturated rings. The van der Waals surface area contributed by atoms with E-state index < -0.39 is 0 Å². The van der Waals surface area contributed by atoms with Crippen molar-refractivity contribution in [2.24, 2.45) is 0 Å². The van der Waals surface area contributed by atoms with Gasteiger partial charge in [0.1, 0.15) is 17.2 Å². The molecule has 26 heavy (non-hydrogen) atoms. The van der Waals surface area contributed by atoms with E-state index in [2.05, 4.69) is 10.2 Å². The number of hydrogen-bond donors (Lipinski definition) is 1. The minimum atomic E-state index is -0.134. The number of rotatable bonds is 6. The molecule has 1 heterocycles. The van der Waals surface area contributed by atoms with Gasteiger partial charge in [0.05, 0.1) is 19.9 Å². The summed E-state index contributed by atoms with van der Waals surface area (Å²) in [5.41, 5.74) is 2.69. The number of hydrogen-bond acceptors (Lipinski definition) is 4. The van der Waals surface area contributed by atoms with E-state index in [-0.39, 0.29) is 5.91 Å². The molecule has 0 saturated heterocycles. The number of aromatic amines is 1. The van der Waals surface area contributed by atoms with Crippen LogP contribution in [-0.4, -0.2) is 36.9 Å². The largest absolute Gasteiger partial charge is 0.497 e. The third-order valence-corrected chi connectivity index (χ3v) is 4.12. The van der Waals surface area contributed by atoms with E-state index in [1.165, 1.54) is 0 Å². The van der Waals surface area contributed by atoms with Gasteiger partial charge in [-0.1, -0.05) is 18.2 Å². The van der Waals surface area contributed by atoms with Crippen LogP contribution in [0.25, 0.3) is 11.3 Å². The van der Waals surface area contributed by atoms with E-state index in [0.717, 1.165) is 11.3 Å². The lowest BCUT2D eigenvalue weighted by Gasteiger charge is -2.19. The highest BCUT2D eigenvalue weighted by atomic mass is 16.5. The molecule has 0 aliphatic rings. The number of amides is 1. The van der Waals surface area contributed by atoms with Crippen molar-refractivity contribution in [3.8, 4) is 22.8 Å². The van der Waals surface area contributed by atoms with Crippen molar-refractivity contribution >= 4 is 11.6 Å². The zero-order chi connectivity index (χ0) is 18.5. The molecule has 0 radical (unpaired) electrons. The van der Waals surface area contributed by atoms with Crippen molar-refractivity contribution in [1.29, 1.82) is 0 Å². The Morgan fingerprint density at radius 1 is 1.08 bits per heavy atom. The van der Waals surface area contributed by atoms with Crippen LogP contribution in [0.2, 0.25) is 0 Å². The van der Waals surface area contributed by atoms with Gasteiger partial charge in [0.2, 0.25) is 0 Å². The number of aromatic nitrogens is 2. The second kappa shape index (κ2) is 7.74. The molecule has 3 aromatic rings. The number of nitrogens with one attached hydrogen (secondary N) is 1. The lowest BCUT2D eigenvalue weighted by atomic mass is 10.1. The first-order chi connectivity index (χ1) is 12.7. The Morgan fingerprint density at radius 2 is 1.85 bits per heavy atom. The van der Waals surface area contributed by atoms with Crippen molar-refractivity contribution in [1.82, 2.24) is 10.2 Å². The van der Waals surface area contributed by atoms with Crippen LogP contribution in [0.5, 0.6) is 11.5 Å². The highest BCUT2D eigenvalue weighted by molar-refractivity contribution is 6.05. The van der Waals surface area contributed by atoms with Crippen LogP contribution in [0.4, 0.5) is 5.69 Å². The molecule has 0 unspecified atom stereocenters. The Morgan fingerprint density at radius 3 is 2.50 bits per heavy atom. The molecule has 0 aliphatic heterocycles. The number of benzene rings is 2. The summed E-state index contributed by atoms with van der Waals surface area (Å²) in [5.74, 6) is 1.19. The molecule has 2 aromatic carbocycles. The van der Waals surface area contributed by atoms with Crippen molar-refractivity contribution in [3.63, 3.8) is 0 Å². The van der Waals surface area contributed by atoms with Gasteiger partial charge in [-0.15, -0.1) is 0 Å². The average Bonchev–Trinajstić information content (AvgIpc) is 3.18. The summed E-state index contributed by atoms with van der Waals surface area (Å²) in [6, 6.07) is 16.8. The predicted molar refractivity (Wildman–Crippen MR) is 101 cm³/mol. The fraction of sp³-hybridized carbons (Fsp3) is 0.200. The first-order valence-electron chi connectivity index (χ1n) is 8.32. The Labute approximate surface area is 152 Å². The fourth-order valence-corrected chi connectivity index (χ4v) is 2.78. The molecule has 0 aliphatic carbocycles. The van der Waals surface area contributed by atoms with E-state index in [9.17, 15) is 4.79 Å². The normalized spacial score (nSPS) is 10.4. The maximum atomic E-state index is 12.9. The molecule has 3 rings (SSSR count). The monoisotopic (exact) mass is 351 g/mol. The first kappa shape index (κ1) is 17.5. The van der Waals surface area contributed by atoms with E-state index in [0.29, 0.717) is 29.4 Å². The van der Waals surface area contributed by atoms with Gasteiger partial charge in [-0.05, 0) is 37.3 Å². The van der Waals surface area contributed by atoms with Gasteiger partial charge in [0.15, 0.2) is 0 Å². The molecule has 0 bridgehead atoms. The summed E-state index contributed by atoms with van der Waals surface area (Å²) in [6.45, 7) is 2.50. The second-order valence-corrected chi connectivity index (χ2v) is 5.62. The van der Waals surface area contributed by atoms with Gasteiger partial charge in [-0.2, -0.15) is 5.10 Å². The quantitative estimate of drug-likeness (QED) is 0.734. The molecular weight excluding hydrogens is 330 g/mol. The highest BCUT2D eigenvalue weighted by Crippen LogP contribution is 2.32. The van der Waals surface area contributed by atoms with Crippen LogP contribution in [0, 0.1) is 0 Å². The summed E-state index contributed by atoms with van der Waals surface area (Å²) < 4.78 is 10.6. The molecule has 6 nitrogen and oxygen atoms in total. The lowest BCUT2D eigenvalue weighted by molar-refractivity contribution is 0.0983. The van der Waals surface area contributed by atoms with E-state index in [1.807, 2.05) is 49.4 Å². The number of nitrogens with zero attached hydrogens (tertiary/aromatic N) is 2. The van der Waals surface area contributed by atoms with Crippen molar-refractivity contribution in [3.05, 3.63) is 60.3 Å². The van der Waals surface area contributed by atoms with Gasteiger partial charge >= 0.3 is 0 Å². The maximum Gasteiger partial charge on any atom is 0.276 e. The molecule has 1 N–H and O–H groups in total. The summed E-state index contributed by atoms with van der Waals surface area (Å²) in [6.07, 6.45) is 0. The van der Waals surface area contributed by atoms with Crippen LogP contribution in [0.15, 0.2) is 54.6 Å². The number of para-hydroxylation sites is 1.